The Labute approximate surface area is 181 Å². The summed E-state index contributed by atoms with van der Waals surface area (Å²) in [5.41, 5.74) is 2.43. The van der Waals surface area contributed by atoms with Crippen molar-refractivity contribution in [3.05, 3.63) is 41.0 Å². The summed E-state index contributed by atoms with van der Waals surface area (Å²) in [6.45, 7) is 6.10. The first-order valence-corrected chi connectivity index (χ1v) is 11.6. The van der Waals surface area contributed by atoms with Crippen LogP contribution in [0, 0.1) is 0 Å². The molecule has 2 aromatic rings. The molecule has 9 heteroatoms. The summed E-state index contributed by atoms with van der Waals surface area (Å²) < 4.78 is 4.45. The van der Waals surface area contributed by atoms with Crippen molar-refractivity contribution in [2.24, 2.45) is 0 Å². The number of benzene rings is 1. The van der Waals surface area contributed by atoms with Crippen molar-refractivity contribution >= 4 is 41.1 Å². The van der Waals surface area contributed by atoms with Gasteiger partial charge in [-0.3, -0.25) is 4.90 Å². The summed E-state index contributed by atoms with van der Waals surface area (Å²) >= 11 is 7.94. The van der Waals surface area contributed by atoms with Crippen molar-refractivity contribution in [1.82, 2.24) is 19.6 Å². The standard InChI is InChI=1S/C20H27ClN6OS/c1-29-23-19-6-9-27(22-19)20(28)26-12-10-24(11-13-26)15-16-14-17(4-5-18(16)21)25-7-2-3-8-25/h4-6,9,14H,2-3,7-8,10-13,15H2,1H3,(H,22,23). The summed E-state index contributed by atoms with van der Waals surface area (Å²) in [6.07, 6.45) is 6.15. The molecule has 156 valence electrons. The summed E-state index contributed by atoms with van der Waals surface area (Å²) in [7, 11) is 0. The molecule has 2 saturated heterocycles. The molecule has 3 heterocycles. The monoisotopic (exact) mass is 434 g/mol. The van der Waals surface area contributed by atoms with Crippen LogP contribution in [-0.2, 0) is 6.54 Å². The van der Waals surface area contributed by atoms with Gasteiger partial charge in [0, 0.05) is 75.0 Å². The maximum Gasteiger partial charge on any atom is 0.344 e. The number of rotatable bonds is 5. The van der Waals surface area contributed by atoms with E-state index in [2.05, 4.69) is 31.8 Å². The van der Waals surface area contributed by atoms with Crippen LogP contribution in [0.2, 0.25) is 5.02 Å². The van der Waals surface area contributed by atoms with Crippen molar-refractivity contribution in [3.8, 4) is 0 Å². The predicted octanol–water partition coefficient (Wildman–Crippen LogP) is 3.61. The molecule has 0 aliphatic carbocycles. The lowest BCUT2D eigenvalue weighted by molar-refractivity contribution is 0.134. The van der Waals surface area contributed by atoms with E-state index in [4.69, 9.17) is 11.6 Å². The van der Waals surface area contributed by atoms with Gasteiger partial charge in [0.25, 0.3) is 0 Å². The van der Waals surface area contributed by atoms with Gasteiger partial charge in [-0.2, -0.15) is 4.68 Å². The summed E-state index contributed by atoms with van der Waals surface area (Å²) in [5, 5.41) is 5.10. The SMILES string of the molecule is CSNc1ccn(C(=O)N2CCN(Cc3cc(N4CCCC4)ccc3Cl)CC2)n1. The van der Waals surface area contributed by atoms with E-state index in [0.29, 0.717) is 18.9 Å². The number of piperazine rings is 1. The van der Waals surface area contributed by atoms with Crippen LogP contribution in [0.5, 0.6) is 0 Å². The fourth-order valence-electron chi connectivity index (χ4n) is 3.93. The molecule has 2 fully saturated rings. The predicted molar refractivity (Wildman–Crippen MR) is 120 cm³/mol. The van der Waals surface area contributed by atoms with E-state index in [1.807, 2.05) is 17.2 Å². The van der Waals surface area contributed by atoms with Crippen molar-refractivity contribution in [2.75, 3.05) is 55.1 Å². The first-order valence-electron chi connectivity index (χ1n) is 10.0. The van der Waals surface area contributed by atoms with E-state index < -0.39 is 0 Å². The van der Waals surface area contributed by atoms with Crippen LogP contribution >= 0.6 is 23.5 Å². The smallest absolute Gasteiger partial charge is 0.344 e. The number of hydrogen-bond acceptors (Lipinski definition) is 6. The minimum absolute atomic E-state index is 0.0760. The molecule has 29 heavy (non-hydrogen) atoms. The molecule has 7 nitrogen and oxygen atoms in total. The third-order valence-electron chi connectivity index (χ3n) is 5.53. The molecule has 0 unspecified atom stereocenters. The quantitative estimate of drug-likeness (QED) is 0.725. The maximum atomic E-state index is 12.7. The number of nitrogens with one attached hydrogen (secondary N) is 1. The van der Waals surface area contributed by atoms with Gasteiger partial charge in [0.1, 0.15) is 0 Å². The lowest BCUT2D eigenvalue weighted by Gasteiger charge is -2.34. The third kappa shape index (κ3) is 4.82. The third-order valence-corrected chi connectivity index (χ3v) is 6.31. The molecule has 2 aliphatic rings. The Kier molecular flexibility index (Phi) is 6.52. The topological polar surface area (TPSA) is 56.6 Å². The lowest BCUT2D eigenvalue weighted by atomic mass is 10.1. The van der Waals surface area contributed by atoms with Crippen LogP contribution in [0.3, 0.4) is 0 Å². The zero-order valence-corrected chi connectivity index (χ0v) is 18.3. The second-order valence-corrected chi connectivity index (χ2v) is 8.49. The van der Waals surface area contributed by atoms with Gasteiger partial charge in [0.2, 0.25) is 0 Å². The fraction of sp³-hybridized carbons (Fsp3) is 0.500. The number of amides is 1. The van der Waals surface area contributed by atoms with E-state index in [1.165, 1.54) is 35.2 Å². The highest BCUT2D eigenvalue weighted by Crippen LogP contribution is 2.27. The Bertz CT molecular complexity index is 845. The first-order chi connectivity index (χ1) is 14.1. The number of carbonyl (C=O) groups excluding carboxylic acids is 1. The Morgan fingerprint density at radius 2 is 1.90 bits per heavy atom. The molecule has 1 N–H and O–H groups in total. The zero-order chi connectivity index (χ0) is 20.2. The van der Waals surface area contributed by atoms with E-state index in [1.54, 1.807) is 12.3 Å². The first kappa shape index (κ1) is 20.4. The average molecular weight is 435 g/mol. The molecule has 1 amide bonds. The molecule has 1 aromatic heterocycles. The molecule has 0 saturated carbocycles. The van der Waals surface area contributed by atoms with E-state index in [0.717, 1.165) is 43.3 Å². The van der Waals surface area contributed by atoms with Gasteiger partial charge in [0.15, 0.2) is 5.82 Å². The number of aromatic nitrogens is 2. The van der Waals surface area contributed by atoms with Gasteiger partial charge >= 0.3 is 6.03 Å². The molecular formula is C20H27ClN6OS. The number of anilines is 2. The summed E-state index contributed by atoms with van der Waals surface area (Å²) in [6, 6.07) is 8.10. The molecule has 4 rings (SSSR count). The van der Waals surface area contributed by atoms with Crippen LogP contribution < -0.4 is 9.62 Å². The second kappa shape index (κ2) is 9.28. The van der Waals surface area contributed by atoms with Gasteiger partial charge in [-0.1, -0.05) is 23.5 Å². The summed E-state index contributed by atoms with van der Waals surface area (Å²) in [4.78, 5) is 19.3. The van der Waals surface area contributed by atoms with Crippen molar-refractivity contribution in [1.29, 1.82) is 0 Å². The number of hydrogen-bond donors (Lipinski definition) is 1. The molecular weight excluding hydrogens is 408 g/mol. The molecule has 0 atom stereocenters. The van der Waals surface area contributed by atoms with Crippen LogP contribution in [0.4, 0.5) is 16.3 Å². The van der Waals surface area contributed by atoms with E-state index >= 15 is 0 Å². The number of halogens is 1. The van der Waals surface area contributed by atoms with Gasteiger partial charge in [-0.25, -0.2) is 4.79 Å². The minimum atomic E-state index is -0.0760. The number of nitrogens with zero attached hydrogens (tertiary/aromatic N) is 5. The van der Waals surface area contributed by atoms with Crippen LogP contribution in [0.25, 0.3) is 0 Å². The highest BCUT2D eigenvalue weighted by atomic mass is 35.5. The molecule has 2 aliphatic heterocycles. The minimum Gasteiger partial charge on any atom is -0.372 e. The maximum absolute atomic E-state index is 12.7. The Balaban J connectivity index is 1.34. The average Bonchev–Trinajstić information content (AvgIpc) is 3.42. The largest absolute Gasteiger partial charge is 0.372 e. The van der Waals surface area contributed by atoms with E-state index in [9.17, 15) is 4.79 Å². The summed E-state index contributed by atoms with van der Waals surface area (Å²) in [5.74, 6) is 0.692. The van der Waals surface area contributed by atoms with Gasteiger partial charge in [0.05, 0.1) is 0 Å². The van der Waals surface area contributed by atoms with Crippen molar-refractivity contribution in [3.63, 3.8) is 0 Å². The molecule has 1 aromatic carbocycles. The number of carbonyl (C=O) groups is 1. The van der Waals surface area contributed by atoms with Crippen LogP contribution in [-0.4, -0.2) is 71.1 Å². The molecule has 0 spiro atoms. The highest BCUT2D eigenvalue weighted by molar-refractivity contribution is 7.99. The zero-order valence-electron chi connectivity index (χ0n) is 16.7. The van der Waals surface area contributed by atoms with Crippen molar-refractivity contribution in [2.45, 2.75) is 19.4 Å². The lowest BCUT2D eigenvalue weighted by Crippen LogP contribution is -2.49. The fourth-order valence-corrected chi connectivity index (χ4v) is 4.42. The highest BCUT2D eigenvalue weighted by Gasteiger charge is 2.23. The molecule has 0 bridgehead atoms. The Hall–Kier alpha value is -1.90. The molecule has 0 radical (unpaired) electrons. The van der Waals surface area contributed by atoms with Gasteiger partial charge < -0.3 is 14.5 Å². The normalized spacial score (nSPS) is 17.7. The van der Waals surface area contributed by atoms with Crippen molar-refractivity contribution < 1.29 is 4.79 Å². The van der Waals surface area contributed by atoms with Crippen LogP contribution in [0.15, 0.2) is 30.5 Å². The van der Waals surface area contributed by atoms with Gasteiger partial charge in [-0.15, -0.1) is 5.10 Å². The Morgan fingerprint density at radius 1 is 1.14 bits per heavy atom. The van der Waals surface area contributed by atoms with Gasteiger partial charge in [-0.05, 0) is 36.6 Å². The van der Waals surface area contributed by atoms with E-state index in [-0.39, 0.29) is 6.03 Å². The second-order valence-electron chi connectivity index (χ2n) is 7.47. The Morgan fingerprint density at radius 3 is 2.62 bits per heavy atom. The van der Waals surface area contributed by atoms with Crippen LogP contribution in [0.1, 0.15) is 18.4 Å².